The Hall–Kier alpha value is -1.28. The van der Waals surface area contributed by atoms with Crippen LogP contribution < -0.4 is 4.90 Å². The van der Waals surface area contributed by atoms with Gasteiger partial charge in [0.05, 0.1) is 6.10 Å². The van der Waals surface area contributed by atoms with Crippen LogP contribution >= 0.6 is 0 Å². The molecule has 0 amide bonds. The summed E-state index contributed by atoms with van der Waals surface area (Å²) >= 11 is 0. The van der Waals surface area contributed by atoms with Crippen LogP contribution in [0.25, 0.3) is 6.08 Å². The molecule has 1 aromatic carbocycles. The number of anilines is 1. The van der Waals surface area contributed by atoms with Gasteiger partial charge in [-0.05, 0) is 42.5 Å². The van der Waals surface area contributed by atoms with Crippen LogP contribution in [0.3, 0.4) is 0 Å². The quantitative estimate of drug-likeness (QED) is 0.845. The standard InChI is InChI=1S/C15H21NO/c1-16(2)14-9-7-12(8-10-14)11-13-5-3-4-6-15(13)17/h7-11,15,17H,3-6H2,1-2H3/b13-11+. The number of hydrogen-bond donors (Lipinski definition) is 1. The highest BCUT2D eigenvalue weighted by Crippen LogP contribution is 2.26. The van der Waals surface area contributed by atoms with Crippen molar-refractivity contribution >= 4 is 11.8 Å². The smallest absolute Gasteiger partial charge is 0.0753 e. The van der Waals surface area contributed by atoms with Crippen LogP contribution in [0.2, 0.25) is 0 Å². The van der Waals surface area contributed by atoms with Gasteiger partial charge in [0.1, 0.15) is 0 Å². The summed E-state index contributed by atoms with van der Waals surface area (Å²) in [6.45, 7) is 0. The first-order chi connectivity index (χ1) is 8.16. The molecular formula is C15H21NO. The average Bonchev–Trinajstić information content (AvgIpc) is 2.33. The third-order valence-corrected chi connectivity index (χ3v) is 3.38. The van der Waals surface area contributed by atoms with Crippen LogP contribution in [-0.4, -0.2) is 25.3 Å². The Labute approximate surface area is 104 Å². The molecule has 1 N–H and O–H groups in total. The summed E-state index contributed by atoms with van der Waals surface area (Å²) in [7, 11) is 4.08. The molecule has 1 unspecified atom stereocenters. The number of aliphatic hydroxyl groups excluding tert-OH is 1. The van der Waals surface area contributed by atoms with Gasteiger partial charge in [0, 0.05) is 19.8 Å². The summed E-state index contributed by atoms with van der Waals surface area (Å²) in [5, 5.41) is 9.90. The number of benzene rings is 1. The number of aliphatic hydroxyl groups is 1. The van der Waals surface area contributed by atoms with Crippen LogP contribution in [0, 0.1) is 0 Å². The highest BCUT2D eigenvalue weighted by molar-refractivity contribution is 5.58. The predicted octanol–water partition coefficient (Wildman–Crippen LogP) is 3.07. The van der Waals surface area contributed by atoms with E-state index in [1.165, 1.54) is 23.2 Å². The zero-order chi connectivity index (χ0) is 12.3. The molecule has 0 aromatic heterocycles. The lowest BCUT2D eigenvalue weighted by Crippen LogP contribution is -2.14. The summed E-state index contributed by atoms with van der Waals surface area (Å²) in [6, 6.07) is 8.45. The fourth-order valence-electron chi connectivity index (χ4n) is 2.27. The second-order valence-electron chi connectivity index (χ2n) is 4.97. The van der Waals surface area contributed by atoms with Gasteiger partial charge in [0.15, 0.2) is 0 Å². The van der Waals surface area contributed by atoms with Crippen molar-refractivity contribution < 1.29 is 5.11 Å². The zero-order valence-electron chi connectivity index (χ0n) is 10.7. The maximum atomic E-state index is 9.90. The first-order valence-corrected chi connectivity index (χ1v) is 6.33. The summed E-state index contributed by atoms with van der Waals surface area (Å²) in [6.07, 6.45) is 6.23. The minimum absolute atomic E-state index is 0.225. The lowest BCUT2D eigenvalue weighted by molar-refractivity contribution is 0.180. The molecule has 1 aliphatic carbocycles. The molecule has 0 saturated heterocycles. The molecule has 2 heteroatoms. The molecule has 1 aliphatic rings. The van der Waals surface area contributed by atoms with E-state index >= 15 is 0 Å². The van der Waals surface area contributed by atoms with E-state index in [0.29, 0.717) is 0 Å². The van der Waals surface area contributed by atoms with E-state index in [1.54, 1.807) is 0 Å². The van der Waals surface area contributed by atoms with E-state index in [0.717, 1.165) is 19.3 Å². The third-order valence-electron chi connectivity index (χ3n) is 3.38. The Morgan fingerprint density at radius 1 is 1.18 bits per heavy atom. The van der Waals surface area contributed by atoms with Crippen molar-refractivity contribution in [2.24, 2.45) is 0 Å². The molecule has 2 nitrogen and oxygen atoms in total. The van der Waals surface area contributed by atoms with Crippen molar-refractivity contribution in [2.75, 3.05) is 19.0 Å². The minimum Gasteiger partial charge on any atom is -0.389 e. The van der Waals surface area contributed by atoms with Crippen LogP contribution in [0.5, 0.6) is 0 Å². The highest BCUT2D eigenvalue weighted by Gasteiger charge is 2.15. The Morgan fingerprint density at radius 3 is 2.47 bits per heavy atom. The molecule has 0 spiro atoms. The van der Waals surface area contributed by atoms with Gasteiger partial charge in [0.25, 0.3) is 0 Å². The van der Waals surface area contributed by atoms with Gasteiger partial charge in [-0.1, -0.05) is 24.6 Å². The first kappa shape index (κ1) is 12.2. The topological polar surface area (TPSA) is 23.5 Å². The Balaban J connectivity index is 2.14. The van der Waals surface area contributed by atoms with E-state index < -0.39 is 0 Å². The van der Waals surface area contributed by atoms with Crippen molar-refractivity contribution in [3.05, 3.63) is 35.4 Å². The molecule has 1 saturated carbocycles. The van der Waals surface area contributed by atoms with Crippen LogP contribution in [0.4, 0.5) is 5.69 Å². The van der Waals surface area contributed by atoms with E-state index in [9.17, 15) is 5.11 Å². The number of rotatable bonds is 2. The van der Waals surface area contributed by atoms with Gasteiger partial charge in [-0.3, -0.25) is 0 Å². The van der Waals surface area contributed by atoms with Crippen molar-refractivity contribution in [3.8, 4) is 0 Å². The van der Waals surface area contributed by atoms with Crippen LogP contribution in [0.1, 0.15) is 31.2 Å². The van der Waals surface area contributed by atoms with Gasteiger partial charge < -0.3 is 10.0 Å². The van der Waals surface area contributed by atoms with Crippen LogP contribution in [0.15, 0.2) is 29.8 Å². The number of nitrogens with zero attached hydrogens (tertiary/aromatic N) is 1. The lowest BCUT2D eigenvalue weighted by atomic mass is 9.91. The van der Waals surface area contributed by atoms with E-state index in [2.05, 4.69) is 35.2 Å². The SMILES string of the molecule is CN(C)c1ccc(/C=C2\CCCCC2O)cc1. The monoisotopic (exact) mass is 231 g/mol. The first-order valence-electron chi connectivity index (χ1n) is 6.33. The normalized spacial score (nSPS) is 22.8. The molecule has 1 atom stereocenters. The van der Waals surface area contributed by atoms with E-state index in [-0.39, 0.29) is 6.10 Å². The maximum absolute atomic E-state index is 9.90. The Bertz CT molecular complexity index is 392. The second kappa shape index (κ2) is 5.37. The van der Waals surface area contributed by atoms with Crippen LogP contribution in [-0.2, 0) is 0 Å². The van der Waals surface area contributed by atoms with Gasteiger partial charge >= 0.3 is 0 Å². The maximum Gasteiger partial charge on any atom is 0.0753 e. The predicted molar refractivity (Wildman–Crippen MR) is 73.2 cm³/mol. The summed E-state index contributed by atoms with van der Waals surface area (Å²) in [4.78, 5) is 2.09. The van der Waals surface area contributed by atoms with Gasteiger partial charge in [-0.2, -0.15) is 0 Å². The molecule has 92 valence electrons. The summed E-state index contributed by atoms with van der Waals surface area (Å²) < 4.78 is 0. The number of hydrogen-bond acceptors (Lipinski definition) is 2. The van der Waals surface area contributed by atoms with Crippen molar-refractivity contribution in [1.82, 2.24) is 0 Å². The molecule has 1 fully saturated rings. The van der Waals surface area contributed by atoms with Crippen molar-refractivity contribution in [1.29, 1.82) is 0 Å². The fraction of sp³-hybridized carbons (Fsp3) is 0.467. The highest BCUT2D eigenvalue weighted by atomic mass is 16.3. The fourth-order valence-corrected chi connectivity index (χ4v) is 2.27. The molecule has 17 heavy (non-hydrogen) atoms. The average molecular weight is 231 g/mol. The molecule has 2 rings (SSSR count). The lowest BCUT2D eigenvalue weighted by Gasteiger charge is -2.20. The van der Waals surface area contributed by atoms with Crippen molar-refractivity contribution in [3.63, 3.8) is 0 Å². The largest absolute Gasteiger partial charge is 0.389 e. The second-order valence-corrected chi connectivity index (χ2v) is 4.97. The molecule has 1 aromatic rings. The van der Waals surface area contributed by atoms with Gasteiger partial charge in [0.2, 0.25) is 0 Å². The van der Waals surface area contributed by atoms with Gasteiger partial charge in [-0.25, -0.2) is 0 Å². The summed E-state index contributed by atoms with van der Waals surface area (Å²) in [5.41, 5.74) is 3.58. The Kier molecular flexibility index (Phi) is 3.85. The van der Waals surface area contributed by atoms with Crippen molar-refractivity contribution in [2.45, 2.75) is 31.8 Å². The molecule has 0 heterocycles. The van der Waals surface area contributed by atoms with E-state index in [1.807, 2.05) is 14.1 Å². The molecule has 0 aliphatic heterocycles. The zero-order valence-corrected chi connectivity index (χ0v) is 10.7. The minimum atomic E-state index is -0.225. The molecular weight excluding hydrogens is 210 g/mol. The van der Waals surface area contributed by atoms with E-state index in [4.69, 9.17) is 0 Å². The Morgan fingerprint density at radius 2 is 1.88 bits per heavy atom. The third kappa shape index (κ3) is 3.10. The van der Waals surface area contributed by atoms with Gasteiger partial charge in [-0.15, -0.1) is 0 Å². The molecule has 0 bridgehead atoms. The molecule has 0 radical (unpaired) electrons. The summed E-state index contributed by atoms with van der Waals surface area (Å²) in [5.74, 6) is 0.